The summed E-state index contributed by atoms with van der Waals surface area (Å²) in [6.07, 6.45) is 0. The van der Waals surface area contributed by atoms with Crippen molar-refractivity contribution in [2.45, 2.75) is 7.43 Å². The maximum atomic E-state index is 4.63. The minimum Gasteiger partial charge on any atom is -0.691 e. The number of hydrogen-bond donors (Lipinski definition) is 0. The van der Waals surface area contributed by atoms with Crippen LogP contribution in [0.5, 0.6) is 0 Å². The first kappa shape index (κ1) is 11.7. The summed E-state index contributed by atoms with van der Waals surface area (Å²) in [5, 5.41) is 0. The fourth-order valence-corrected chi connectivity index (χ4v) is 0.224. The van der Waals surface area contributed by atoms with E-state index in [1.54, 1.807) is 0 Å². The summed E-state index contributed by atoms with van der Waals surface area (Å²) in [4.78, 5) is 0. The summed E-state index contributed by atoms with van der Waals surface area (Å²) in [5.74, 6) is 0. The smallest absolute Gasteiger partial charge is 0.0555 e. The summed E-state index contributed by atoms with van der Waals surface area (Å²) in [6.45, 7) is 0. The molecule has 0 bridgehead atoms. The van der Waals surface area contributed by atoms with Gasteiger partial charge in [-0.25, -0.2) is 0 Å². The topological polar surface area (TPSA) is 18.5 Å². The normalized spacial score (nSPS) is 10.4. The predicted molar refractivity (Wildman–Crippen MR) is 42.4 cm³/mol. The second kappa shape index (κ2) is 4.77. The zero-order valence-electron chi connectivity index (χ0n) is 4.08. The highest BCUT2D eigenvalue weighted by Crippen LogP contribution is 2.43. The van der Waals surface area contributed by atoms with E-state index >= 15 is 0 Å². The predicted octanol–water partition coefficient (Wildman–Crippen LogP) is 1.69. The fourth-order valence-electron chi connectivity index (χ4n) is 0.0745. The third-order valence-electron chi connectivity index (χ3n) is 0.447. The van der Waals surface area contributed by atoms with Crippen molar-refractivity contribution in [1.29, 1.82) is 0 Å². The third-order valence-corrected chi connectivity index (χ3v) is 3.13. The first-order chi connectivity index (χ1) is 3.12. The molecule has 0 aliphatic heterocycles. The highest BCUT2D eigenvalue weighted by Gasteiger charge is 1.89. The van der Waals surface area contributed by atoms with Gasteiger partial charge in [0, 0.05) is 14.2 Å². The molecule has 5 heteroatoms. The van der Waals surface area contributed by atoms with Gasteiger partial charge < -0.3 is 21.3 Å². The Morgan fingerprint density at radius 3 is 1.62 bits per heavy atom. The van der Waals surface area contributed by atoms with Gasteiger partial charge in [0.25, 0.3) is 0 Å². The summed E-state index contributed by atoms with van der Waals surface area (Å²) in [5.41, 5.74) is -2.24. The van der Waals surface area contributed by atoms with Crippen molar-refractivity contribution in [2.75, 3.05) is 14.2 Å². The van der Waals surface area contributed by atoms with Crippen LogP contribution in [0.15, 0.2) is 0 Å². The van der Waals surface area contributed by atoms with Gasteiger partial charge in [-0.05, 0) is 0 Å². The van der Waals surface area contributed by atoms with E-state index < -0.39 is 5.69 Å². The zero-order valence-corrected chi connectivity index (χ0v) is 6.61. The molecule has 0 spiro atoms. The van der Waals surface area contributed by atoms with E-state index in [0.717, 1.165) is 0 Å². The average molecular weight is 173 g/mol. The molecule has 0 atom stereocenters. The Bertz CT molecular complexity index is 87.3. The molecule has 0 saturated heterocycles. The molecule has 0 saturated carbocycles. The Morgan fingerprint density at radius 1 is 1.38 bits per heavy atom. The molecule has 0 radical (unpaired) electrons. The first-order valence-electron chi connectivity index (χ1n) is 1.55. The molecular formula is C3H10O2PS2-. The molecule has 0 aromatic rings. The van der Waals surface area contributed by atoms with Crippen molar-refractivity contribution in [2.24, 2.45) is 0 Å². The lowest BCUT2D eigenvalue weighted by molar-refractivity contribution is 0.354. The van der Waals surface area contributed by atoms with Crippen LogP contribution in [0.2, 0.25) is 0 Å². The molecule has 0 aromatic carbocycles. The van der Waals surface area contributed by atoms with Crippen LogP contribution in [0, 0.1) is 0 Å². The first-order valence-corrected chi connectivity index (χ1v) is 5.20. The lowest BCUT2D eigenvalue weighted by Crippen LogP contribution is -1.79. The monoisotopic (exact) mass is 173 g/mol. The second-order valence-corrected chi connectivity index (χ2v) is 6.01. The third kappa shape index (κ3) is 5.06. The maximum absolute atomic E-state index is 4.63. The Morgan fingerprint density at radius 2 is 1.62 bits per heavy atom. The van der Waals surface area contributed by atoms with E-state index in [0.29, 0.717) is 0 Å². The van der Waals surface area contributed by atoms with E-state index in [4.69, 9.17) is 0 Å². The number of rotatable bonds is 2. The van der Waals surface area contributed by atoms with Gasteiger partial charge in [0.05, 0.1) is 5.69 Å². The van der Waals surface area contributed by atoms with Gasteiger partial charge in [-0.3, -0.25) is 0 Å². The van der Waals surface area contributed by atoms with E-state index in [1.807, 2.05) is 0 Å². The lowest BCUT2D eigenvalue weighted by Gasteiger charge is -2.22. The molecule has 0 aliphatic rings. The molecule has 8 heavy (non-hydrogen) atoms. The van der Waals surface area contributed by atoms with Gasteiger partial charge >= 0.3 is 0 Å². The van der Waals surface area contributed by atoms with Gasteiger partial charge in [-0.1, -0.05) is 19.2 Å². The molecule has 0 heterocycles. The Hall–Kier alpha value is 0.920. The van der Waals surface area contributed by atoms with Crippen LogP contribution in [0.1, 0.15) is 7.43 Å². The van der Waals surface area contributed by atoms with E-state index in [-0.39, 0.29) is 7.43 Å². The molecule has 0 rings (SSSR count). The molecule has 0 aliphatic carbocycles. The molecule has 0 N–H and O–H groups in total. The number of hydrogen-bond acceptors (Lipinski definition) is 4. The summed E-state index contributed by atoms with van der Waals surface area (Å²) in [7, 11) is 2.91. The summed E-state index contributed by atoms with van der Waals surface area (Å²) < 4.78 is 9.21. The Kier molecular flexibility index (Phi) is 6.96. The SMILES string of the molecule is C.COP(=S)([S-])OC. The molecular weight excluding hydrogens is 163 g/mol. The largest absolute Gasteiger partial charge is 0.691 e. The van der Waals surface area contributed by atoms with E-state index in [9.17, 15) is 0 Å². The minimum atomic E-state index is -2.24. The van der Waals surface area contributed by atoms with Crippen molar-refractivity contribution in [3.63, 3.8) is 0 Å². The van der Waals surface area contributed by atoms with Crippen molar-refractivity contribution >= 4 is 29.7 Å². The summed E-state index contributed by atoms with van der Waals surface area (Å²) in [6, 6.07) is 0. The molecule has 0 amide bonds. The van der Waals surface area contributed by atoms with Crippen LogP contribution in [-0.4, -0.2) is 14.2 Å². The van der Waals surface area contributed by atoms with Crippen molar-refractivity contribution < 1.29 is 9.05 Å². The Labute approximate surface area is 60.9 Å². The molecule has 0 unspecified atom stereocenters. The summed E-state index contributed by atoms with van der Waals surface area (Å²) >= 11 is 9.25. The Balaban J connectivity index is 0. The van der Waals surface area contributed by atoms with Crippen LogP contribution in [0.3, 0.4) is 0 Å². The van der Waals surface area contributed by atoms with Gasteiger partial charge in [-0.2, -0.15) is 0 Å². The van der Waals surface area contributed by atoms with E-state index in [2.05, 4.69) is 33.1 Å². The molecule has 0 fully saturated rings. The maximum Gasteiger partial charge on any atom is 0.0555 e. The van der Waals surface area contributed by atoms with Gasteiger partial charge in [-0.15, -0.1) is 0 Å². The minimum absolute atomic E-state index is 0. The fraction of sp³-hybridized carbons (Fsp3) is 1.00. The molecule has 52 valence electrons. The quantitative estimate of drug-likeness (QED) is 0.467. The van der Waals surface area contributed by atoms with Crippen molar-refractivity contribution in [1.82, 2.24) is 0 Å². The van der Waals surface area contributed by atoms with E-state index in [1.165, 1.54) is 14.2 Å². The van der Waals surface area contributed by atoms with Crippen LogP contribution >= 0.6 is 5.69 Å². The van der Waals surface area contributed by atoms with Crippen LogP contribution < -0.4 is 0 Å². The van der Waals surface area contributed by atoms with Crippen molar-refractivity contribution in [3.05, 3.63) is 0 Å². The van der Waals surface area contributed by atoms with Crippen LogP contribution in [0.25, 0.3) is 0 Å². The van der Waals surface area contributed by atoms with Gasteiger partial charge in [0.2, 0.25) is 0 Å². The van der Waals surface area contributed by atoms with Crippen molar-refractivity contribution in [3.8, 4) is 0 Å². The standard InChI is InChI=1S/C2H7O2PS2.CH4/c1-3-5(6,7)4-2;/h1-2H3,(H,6,7);1H4/p-1. The highest BCUT2D eigenvalue weighted by atomic mass is 32.9. The zero-order chi connectivity index (χ0) is 5.91. The van der Waals surface area contributed by atoms with Crippen LogP contribution in [0.4, 0.5) is 0 Å². The van der Waals surface area contributed by atoms with Crippen LogP contribution in [-0.2, 0) is 33.1 Å². The van der Waals surface area contributed by atoms with Gasteiger partial charge in [0.1, 0.15) is 0 Å². The second-order valence-electron chi connectivity index (χ2n) is 0.812. The van der Waals surface area contributed by atoms with Gasteiger partial charge in [0.15, 0.2) is 0 Å². The molecule has 2 nitrogen and oxygen atoms in total. The molecule has 0 aromatic heterocycles. The average Bonchev–Trinajstić information content (AvgIpc) is 1.68. The lowest BCUT2D eigenvalue weighted by atomic mass is 11.8. The highest BCUT2D eigenvalue weighted by molar-refractivity contribution is 8.51.